The number of thiophene rings is 1. The van der Waals surface area contributed by atoms with Gasteiger partial charge in [0.2, 0.25) is 11.8 Å². The van der Waals surface area contributed by atoms with Crippen LogP contribution in [-0.4, -0.2) is 11.8 Å². The predicted octanol–water partition coefficient (Wildman–Crippen LogP) is 4.55. The first kappa shape index (κ1) is 16.9. The molecule has 0 unspecified atom stereocenters. The summed E-state index contributed by atoms with van der Waals surface area (Å²) in [5, 5.41) is 7.72. The second-order valence-electron chi connectivity index (χ2n) is 5.63. The quantitative estimate of drug-likeness (QED) is 0.709. The van der Waals surface area contributed by atoms with Gasteiger partial charge >= 0.3 is 0 Å². The van der Waals surface area contributed by atoms with Crippen LogP contribution in [-0.2, 0) is 16.0 Å². The fourth-order valence-electron chi connectivity index (χ4n) is 2.53. The molecule has 0 aliphatic rings. The van der Waals surface area contributed by atoms with Crippen LogP contribution in [0.15, 0.2) is 66.0 Å². The van der Waals surface area contributed by atoms with Crippen molar-refractivity contribution in [2.45, 2.75) is 13.3 Å². The number of carbonyl (C=O) groups excluding carboxylic acids is 2. The van der Waals surface area contributed by atoms with E-state index in [-0.39, 0.29) is 18.2 Å². The molecule has 4 nitrogen and oxygen atoms in total. The lowest BCUT2D eigenvalue weighted by Crippen LogP contribution is -2.15. The molecule has 2 N–H and O–H groups in total. The molecule has 126 valence electrons. The summed E-state index contributed by atoms with van der Waals surface area (Å²) < 4.78 is 0. The molecular formula is C20H18N2O2S. The summed E-state index contributed by atoms with van der Waals surface area (Å²) in [7, 11) is 0. The van der Waals surface area contributed by atoms with E-state index in [1.165, 1.54) is 6.92 Å². The molecule has 2 aromatic carbocycles. The van der Waals surface area contributed by atoms with Crippen molar-refractivity contribution < 1.29 is 9.59 Å². The van der Waals surface area contributed by atoms with Crippen molar-refractivity contribution in [3.63, 3.8) is 0 Å². The maximum atomic E-state index is 12.4. The molecule has 0 fully saturated rings. The Kier molecular flexibility index (Phi) is 5.26. The third-order valence-electron chi connectivity index (χ3n) is 3.63. The molecule has 2 amide bonds. The highest BCUT2D eigenvalue weighted by Gasteiger charge is 2.09. The first-order valence-electron chi connectivity index (χ1n) is 7.91. The largest absolute Gasteiger partial charge is 0.326 e. The minimum absolute atomic E-state index is 0.0729. The topological polar surface area (TPSA) is 58.2 Å². The van der Waals surface area contributed by atoms with E-state index in [1.807, 2.05) is 53.9 Å². The second-order valence-corrected chi connectivity index (χ2v) is 6.57. The Bertz CT molecular complexity index is 871. The Labute approximate surface area is 150 Å². The highest BCUT2D eigenvalue weighted by molar-refractivity contribution is 7.13. The average molecular weight is 350 g/mol. The summed E-state index contributed by atoms with van der Waals surface area (Å²) in [4.78, 5) is 24.5. The third kappa shape index (κ3) is 4.55. The van der Waals surface area contributed by atoms with Crippen molar-refractivity contribution in [1.29, 1.82) is 0 Å². The second kappa shape index (κ2) is 7.77. The number of anilines is 2. The molecule has 1 heterocycles. The zero-order chi connectivity index (χ0) is 17.6. The molecule has 3 aromatic rings. The fraction of sp³-hybridized carbons (Fsp3) is 0.100. The van der Waals surface area contributed by atoms with E-state index in [0.717, 1.165) is 27.4 Å². The van der Waals surface area contributed by atoms with Crippen molar-refractivity contribution >= 4 is 34.5 Å². The molecule has 0 saturated carbocycles. The summed E-state index contributed by atoms with van der Waals surface area (Å²) in [6.45, 7) is 1.46. The minimum Gasteiger partial charge on any atom is -0.326 e. The lowest BCUT2D eigenvalue weighted by atomic mass is 10.1. The van der Waals surface area contributed by atoms with Crippen LogP contribution >= 0.6 is 11.3 Å². The molecule has 0 spiro atoms. The van der Waals surface area contributed by atoms with Crippen LogP contribution in [0.2, 0.25) is 0 Å². The van der Waals surface area contributed by atoms with Crippen molar-refractivity contribution in [2.75, 3.05) is 10.6 Å². The fourth-order valence-corrected chi connectivity index (χ4v) is 3.29. The highest BCUT2D eigenvalue weighted by Crippen LogP contribution is 2.31. The van der Waals surface area contributed by atoms with E-state index in [4.69, 9.17) is 0 Å². The van der Waals surface area contributed by atoms with E-state index >= 15 is 0 Å². The van der Waals surface area contributed by atoms with Crippen molar-refractivity contribution in [3.8, 4) is 10.4 Å². The SMILES string of the molecule is CC(=O)Nc1ccc(CC(=O)Nc2ccccc2-c2cccs2)cc1. The number of nitrogens with one attached hydrogen (secondary N) is 2. The zero-order valence-electron chi connectivity index (χ0n) is 13.8. The van der Waals surface area contributed by atoms with Gasteiger partial charge in [-0.15, -0.1) is 11.3 Å². The van der Waals surface area contributed by atoms with Gasteiger partial charge < -0.3 is 10.6 Å². The summed E-state index contributed by atoms with van der Waals surface area (Å²) in [5.41, 5.74) is 3.44. The molecule has 1 aromatic heterocycles. The van der Waals surface area contributed by atoms with Crippen LogP contribution in [0.5, 0.6) is 0 Å². The summed E-state index contributed by atoms with van der Waals surface area (Å²) in [6, 6.07) is 19.1. The third-order valence-corrected chi connectivity index (χ3v) is 4.53. The number of benzene rings is 2. The molecule has 0 saturated heterocycles. The van der Waals surface area contributed by atoms with Gasteiger partial charge in [-0.05, 0) is 35.2 Å². The highest BCUT2D eigenvalue weighted by atomic mass is 32.1. The smallest absolute Gasteiger partial charge is 0.228 e. The molecule has 0 atom stereocenters. The van der Waals surface area contributed by atoms with Gasteiger partial charge in [0.25, 0.3) is 0 Å². The van der Waals surface area contributed by atoms with Gasteiger partial charge in [0.1, 0.15) is 0 Å². The first-order valence-corrected chi connectivity index (χ1v) is 8.79. The molecule has 0 aliphatic heterocycles. The van der Waals surface area contributed by atoms with Crippen LogP contribution in [0.3, 0.4) is 0 Å². The van der Waals surface area contributed by atoms with Crippen molar-refractivity contribution in [1.82, 2.24) is 0 Å². The Morgan fingerprint density at radius 2 is 1.68 bits per heavy atom. The molecule has 25 heavy (non-hydrogen) atoms. The summed E-state index contributed by atoms with van der Waals surface area (Å²) in [6.07, 6.45) is 0.277. The number of hydrogen-bond acceptors (Lipinski definition) is 3. The summed E-state index contributed by atoms with van der Waals surface area (Å²) in [5.74, 6) is -0.188. The van der Waals surface area contributed by atoms with Gasteiger partial charge in [0, 0.05) is 28.7 Å². The number of amides is 2. The molecular weight excluding hydrogens is 332 g/mol. The van der Waals surface area contributed by atoms with Crippen LogP contribution < -0.4 is 10.6 Å². The Balaban J connectivity index is 1.68. The molecule has 3 rings (SSSR count). The maximum absolute atomic E-state index is 12.4. The normalized spacial score (nSPS) is 10.3. The predicted molar refractivity (Wildman–Crippen MR) is 103 cm³/mol. The van der Waals surface area contributed by atoms with Gasteiger partial charge in [-0.25, -0.2) is 0 Å². The number of hydrogen-bond donors (Lipinski definition) is 2. The summed E-state index contributed by atoms with van der Waals surface area (Å²) >= 11 is 1.64. The molecule has 0 aliphatic carbocycles. The zero-order valence-corrected chi connectivity index (χ0v) is 14.6. The average Bonchev–Trinajstić information content (AvgIpc) is 3.11. The van der Waals surface area contributed by atoms with E-state index in [9.17, 15) is 9.59 Å². The van der Waals surface area contributed by atoms with Gasteiger partial charge in [0.05, 0.1) is 6.42 Å². The van der Waals surface area contributed by atoms with Gasteiger partial charge in [-0.3, -0.25) is 9.59 Å². The molecule has 5 heteroatoms. The lowest BCUT2D eigenvalue weighted by molar-refractivity contribution is -0.116. The number of rotatable bonds is 5. The maximum Gasteiger partial charge on any atom is 0.228 e. The Morgan fingerprint density at radius 3 is 2.36 bits per heavy atom. The van der Waals surface area contributed by atoms with Gasteiger partial charge in [0.15, 0.2) is 0 Å². The van der Waals surface area contributed by atoms with Crippen LogP contribution in [0.4, 0.5) is 11.4 Å². The van der Waals surface area contributed by atoms with Crippen LogP contribution in [0.1, 0.15) is 12.5 Å². The lowest BCUT2D eigenvalue weighted by Gasteiger charge is -2.10. The molecule has 0 radical (unpaired) electrons. The van der Waals surface area contributed by atoms with Crippen molar-refractivity contribution in [2.24, 2.45) is 0 Å². The van der Waals surface area contributed by atoms with E-state index in [0.29, 0.717) is 0 Å². The Morgan fingerprint density at radius 1 is 0.920 bits per heavy atom. The van der Waals surface area contributed by atoms with E-state index in [1.54, 1.807) is 23.5 Å². The van der Waals surface area contributed by atoms with Gasteiger partial charge in [-0.1, -0.05) is 36.4 Å². The van der Waals surface area contributed by atoms with E-state index < -0.39 is 0 Å². The monoisotopic (exact) mass is 350 g/mol. The van der Waals surface area contributed by atoms with Crippen molar-refractivity contribution in [3.05, 3.63) is 71.6 Å². The first-order chi connectivity index (χ1) is 12.1. The van der Waals surface area contributed by atoms with Gasteiger partial charge in [-0.2, -0.15) is 0 Å². The number of carbonyl (C=O) groups is 2. The van der Waals surface area contributed by atoms with Crippen LogP contribution in [0.25, 0.3) is 10.4 Å². The standard InChI is InChI=1S/C20H18N2O2S/c1-14(23)21-16-10-8-15(9-11-16)13-20(24)22-18-6-3-2-5-17(18)19-7-4-12-25-19/h2-12H,13H2,1H3,(H,21,23)(H,22,24). The number of para-hydroxylation sites is 1. The van der Waals surface area contributed by atoms with E-state index in [2.05, 4.69) is 10.6 Å². The Hall–Kier alpha value is -2.92. The minimum atomic E-state index is -0.115. The molecule has 0 bridgehead atoms. The van der Waals surface area contributed by atoms with Crippen LogP contribution in [0, 0.1) is 0 Å².